The van der Waals surface area contributed by atoms with Gasteiger partial charge in [0, 0.05) is 11.1 Å². The lowest BCUT2D eigenvalue weighted by Gasteiger charge is -2.12. The second kappa shape index (κ2) is 9.38. The largest absolute Gasteiger partial charge is 0.478 e. The van der Waals surface area contributed by atoms with Crippen molar-refractivity contribution in [3.8, 4) is 5.75 Å². The lowest BCUT2D eigenvalue weighted by molar-refractivity contribution is -0.150. The van der Waals surface area contributed by atoms with Crippen molar-refractivity contribution >= 4 is 52.1 Å². The topological polar surface area (TPSA) is 104 Å². The van der Waals surface area contributed by atoms with Crippen LogP contribution in [0.4, 0.5) is 4.79 Å². The number of rotatable bonds is 6. The van der Waals surface area contributed by atoms with E-state index in [9.17, 15) is 14.4 Å². The summed E-state index contributed by atoms with van der Waals surface area (Å²) in [5.74, 6) is -1.48. The Balaban J connectivity index is 1.98. The maximum atomic E-state index is 11.8. The number of hydrogen-bond donors (Lipinski definition) is 1. The number of esters is 1. The maximum absolute atomic E-state index is 11.8. The van der Waals surface area contributed by atoms with Crippen molar-refractivity contribution in [2.75, 3.05) is 19.8 Å². The van der Waals surface area contributed by atoms with Gasteiger partial charge in [-0.2, -0.15) is 0 Å². The van der Waals surface area contributed by atoms with Gasteiger partial charge >= 0.3 is 12.1 Å². The number of halogens is 2. The summed E-state index contributed by atoms with van der Waals surface area (Å²) in [4.78, 5) is 38.6. The molecule has 2 aromatic rings. The van der Waals surface area contributed by atoms with Crippen LogP contribution in [0.5, 0.6) is 5.75 Å². The fourth-order valence-electron chi connectivity index (χ4n) is 2.06. The number of aromatic nitrogens is 1. The predicted molar refractivity (Wildman–Crippen MR) is 98.1 cm³/mol. The third kappa shape index (κ3) is 5.70. The molecular formula is C17H16Cl2N2O6. The van der Waals surface area contributed by atoms with Gasteiger partial charge in [0.1, 0.15) is 5.52 Å². The number of imide groups is 1. The first kappa shape index (κ1) is 20.7. The molecule has 10 heteroatoms. The van der Waals surface area contributed by atoms with Crippen molar-refractivity contribution in [3.05, 3.63) is 33.9 Å². The van der Waals surface area contributed by atoms with E-state index in [0.29, 0.717) is 21.6 Å². The molecule has 1 aromatic heterocycles. The number of pyridine rings is 1. The number of carbonyl (C=O) groups excluding carboxylic acids is 3. The Bertz CT molecular complexity index is 887. The fourth-order valence-corrected chi connectivity index (χ4v) is 2.63. The van der Waals surface area contributed by atoms with Gasteiger partial charge in [-0.25, -0.2) is 14.6 Å². The van der Waals surface area contributed by atoms with Crippen LogP contribution in [0.3, 0.4) is 0 Å². The highest BCUT2D eigenvalue weighted by Gasteiger charge is 2.16. The summed E-state index contributed by atoms with van der Waals surface area (Å²) in [6, 6.07) is 5.03. The Morgan fingerprint density at radius 1 is 1.11 bits per heavy atom. The quantitative estimate of drug-likeness (QED) is 0.724. The zero-order valence-electron chi connectivity index (χ0n) is 14.5. The second-order valence-corrected chi connectivity index (χ2v) is 6.05. The molecule has 1 aromatic carbocycles. The highest BCUT2D eigenvalue weighted by atomic mass is 35.5. The summed E-state index contributed by atoms with van der Waals surface area (Å²) in [6.45, 7) is 2.31. The number of amides is 2. The molecule has 0 aliphatic heterocycles. The lowest BCUT2D eigenvalue weighted by Crippen LogP contribution is -2.35. The normalized spacial score (nSPS) is 10.4. The summed E-state index contributed by atoms with van der Waals surface area (Å²) in [5, 5.41) is 3.08. The second-order valence-electron chi connectivity index (χ2n) is 5.24. The van der Waals surface area contributed by atoms with Crippen LogP contribution in [0.1, 0.15) is 12.6 Å². The van der Waals surface area contributed by atoms with E-state index in [2.05, 4.69) is 9.72 Å². The molecule has 0 saturated carbocycles. The van der Waals surface area contributed by atoms with Gasteiger partial charge in [0.05, 0.1) is 16.7 Å². The summed E-state index contributed by atoms with van der Waals surface area (Å²) in [5.41, 5.74) is 1.12. The molecule has 0 bridgehead atoms. The SMILES string of the molecule is CCOC(=O)NC(=O)COC(=O)COc1c(Cl)cc(Cl)c2ccc(C)nc12. The van der Waals surface area contributed by atoms with Crippen molar-refractivity contribution < 1.29 is 28.6 Å². The molecule has 0 saturated heterocycles. The number of nitrogens with one attached hydrogen (secondary N) is 1. The van der Waals surface area contributed by atoms with Gasteiger partial charge in [-0.15, -0.1) is 0 Å². The van der Waals surface area contributed by atoms with E-state index in [1.165, 1.54) is 6.07 Å². The molecule has 1 N–H and O–H groups in total. The first-order valence-corrected chi connectivity index (χ1v) is 8.57. The molecule has 0 fully saturated rings. The van der Waals surface area contributed by atoms with Crippen molar-refractivity contribution in [3.63, 3.8) is 0 Å². The van der Waals surface area contributed by atoms with E-state index in [1.54, 1.807) is 26.0 Å². The van der Waals surface area contributed by atoms with E-state index in [1.807, 2.05) is 5.32 Å². The average molecular weight is 415 g/mol. The number of hydrogen-bond acceptors (Lipinski definition) is 7. The van der Waals surface area contributed by atoms with Crippen LogP contribution in [-0.2, 0) is 19.1 Å². The van der Waals surface area contributed by atoms with Gasteiger partial charge in [-0.05, 0) is 32.0 Å². The standard InChI is InChI=1S/C17H16Cl2N2O6/c1-3-25-17(24)21-13(22)7-26-14(23)8-27-16-12(19)6-11(18)10-5-4-9(2)20-15(10)16/h4-6H,3,7-8H2,1-2H3,(H,21,22,24). The Morgan fingerprint density at radius 3 is 2.56 bits per heavy atom. The van der Waals surface area contributed by atoms with Crippen LogP contribution in [0.15, 0.2) is 18.2 Å². The Kier molecular flexibility index (Phi) is 7.20. The van der Waals surface area contributed by atoms with Gasteiger partial charge < -0.3 is 14.2 Å². The van der Waals surface area contributed by atoms with E-state index in [-0.39, 0.29) is 17.4 Å². The smallest absolute Gasteiger partial charge is 0.413 e. The molecule has 2 rings (SSSR count). The highest BCUT2D eigenvalue weighted by Crippen LogP contribution is 2.37. The van der Waals surface area contributed by atoms with Crippen LogP contribution in [-0.4, -0.2) is 42.8 Å². The number of carbonyl (C=O) groups is 3. The number of benzene rings is 1. The average Bonchev–Trinajstić information content (AvgIpc) is 2.59. The molecular weight excluding hydrogens is 399 g/mol. The molecule has 1 heterocycles. The molecule has 2 amide bonds. The number of ether oxygens (including phenoxy) is 3. The van der Waals surface area contributed by atoms with Gasteiger partial charge in [0.2, 0.25) is 0 Å². The van der Waals surface area contributed by atoms with Gasteiger partial charge in [0.15, 0.2) is 19.0 Å². The van der Waals surface area contributed by atoms with Crippen LogP contribution in [0.2, 0.25) is 10.0 Å². The van der Waals surface area contributed by atoms with Gasteiger partial charge in [0.25, 0.3) is 5.91 Å². The minimum Gasteiger partial charge on any atom is -0.478 e. The third-order valence-corrected chi connectivity index (χ3v) is 3.79. The summed E-state index contributed by atoms with van der Waals surface area (Å²) in [6.07, 6.45) is -0.921. The first-order valence-electron chi connectivity index (χ1n) is 7.82. The summed E-state index contributed by atoms with van der Waals surface area (Å²) in [7, 11) is 0. The Hall–Kier alpha value is -2.58. The summed E-state index contributed by atoms with van der Waals surface area (Å²) < 4.78 is 14.7. The lowest BCUT2D eigenvalue weighted by atomic mass is 10.2. The summed E-state index contributed by atoms with van der Waals surface area (Å²) >= 11 is 12.3. The number of alkyl carbamates (subject to hydrolysis) is 1. The minimum atomic E-state index is -0.921. The van der Waals surface area contributed by atoms with Gasteiger partial charge in [-0.1, -0.05) is 23.2 Å². The molecule has 0 aliphatic carbocycles. The Labute approximate surface area is 164 Å². The Morgan fingerprint density at radius 2 is 1.85 bits per heavy atom. The first-order chi connectivity index (χ1) is 12.8. The molecule has 0 unspecified atom stereocenters. The third-order valence-electron chi connectivity index (χ3n) is 3.19. The van der Waals surface area contributed by atoms with E-state index in [4.69, 9.17) is 32.7 Å². The molecule has 0 aliphatic rings. The molecule has 144 valence electrons. The molecule has 0 atom stereocenters. The molecule has 0 spiro atoms. The van der Waals surface area contributed by atoms with Crippen LogP contribution >= 0.6 is 23.2 Å². The minimum absolute atomic E-state index is 0.107. The zero-order chi connectivity index (χ0) is 20.0. The maximum Gasteiger partial charge on any atom is 0.413 e. The predicted octanol–water partition coefficient (Wildman–Crippen LogP) is 3.04. The van der Waals surface area contributed by atoms with Crippen LogP contribution in [0.25, 0.3) is 10.9 Å². The van der Waals surface area contributed by atoms with E-state index >= 15 is 0 Å². The fraction of sp³-hybridized carbons (Fsp3) is 0.294. The van der Waals surface area contributed by atoms with Crippen LogP contribution in [0, 0.1) is 6.92 Å². The number of aryl methyl sites for hydroxylation is 1. The zero-order valence-corrected chi connectivity index (χ0v) is 16.0. The molecule has 8 nitrogen and oxygen atoms in total. The highest BCUT2D eigenvalue weighted by molar-refractivity contribution is 6.39. The van der Waals surface area contributed by atoms with Crippen LogP contribution < -0.4 is 10.1 Å². The van der Waals surface area contributed by atoms with E-state index in [0.717, 1.165) is 0 Å². The van der Waals surface area contributed by atoms with Gasteiger partial charge in [-0.3, -0.25) is 10.1 Å². The number of fused-ring (bicyclic) bond motifs is 1. The van der Waals surface area contributed by atoms with Crippen molar-refractivity contribution in [2.45, 2.75) is 13.8 Å². The molecule has 0 radical (unpaired) electrons. The monoisotopic (exact) mass is 414 g/mol. The van der Waals surface area contributed by atoms with Crippen molar-refractivity contribution in [1.82, 2.24) is 10.3 Å². The van der Waals surface area contributed by atoms with E-state index < -0.39 is 31.2 Å². The van der Waals surface area contributed by atoms with Crippen molar-refractivity contribution in [2.24, 2.45) is 0 Å². The van der Waals surface area contributed by atoms with Crippen molar-refractivity contribution in [1.29, 1.82) is 0 Å². The number of nitrogens with zero attached hydrogens (tertiary/aromatic N) is 1. The molecule has 27 heavy (non-hydrogen) atoms.